The van der Waals surface area contributed by atoms with Crippen molar-refractivity contribution in [1.82, 2.24) is 5.32 Å². The molecule has 0 spiro atoms. The first kappa shape index (κ1) is 45.2. The predicted octanol–water partition coefficient (Wildman–Crippen LogP) is 4.28. The number of methoxy groups -OCH3 is 2. The van der Waals surface area contributed by atoms with Crippen molar-refractivity contribution in [3.05, 3.63) is 0 Å². The Morgan fingerprint density at radius 3 is 1.64 bits per heavy atom. The minimum absolute atomic E-state index is 0. The molecular formula is C23H55NO8S. The first-order valence-corrected chi connectivity index (χ1v) is 10.8. The topological polar surface area (TPSA) is 125 Å². The second kappa shape index (κ2) is 21.2. The van der Waals surface area contributed by atoms with Crippen LogP contribution in [0.2, 0.25) is 0 Å². The lowest BCUT2D eigenvalue weighted by Crippen LogP contribution is -2.49. The highest BCUT2D eigenvalue weighted by Gasteiger charge is 2.31. The predicted molar refractivity (Wildman–Crippen MR) is 139 cm³/mol. The minimum atomic E-state index is -3.69. The molecule has 0 fully saturated rings. The normalized spacial score (nSPS) is 13.0. The Labute approximate surface area is 205 Å². The minimum Gasteiger partial charge on any atom is -0.381 e. The molecule has 0 bridgehead atoms. The summed E-state index contributed by atoms with van der Waals surface area (Å²) in [6.07, 6.45) is 0.156. The first-order valence-electron chi connectivity index (χ1n) is 9.25. The number of nitrogens with one attached hydrogen (secondary N) is 1. The molecule has 0 aromatic carbocycles. The van der Waals surface area contributed by atoms with Gasteiger partial charge in [0.1, 0.15) is 11.6 Å². The van der Waals surface area contributed by atoms with Crippen LogP contribution >= 0.6 is 0 Å². The number of ether oxygens (including phenoxy) is 2. The van der Waals surface area contributed by atoms with Gasteiger partial charge < -0.3 is 14.8 Å². The zero-order chi connectivity index (χ0) is 23.4. The number of Topliss-reactive ketones (excluding diaryl/α,β-unsaturated/α-hetero) is 2. The fourth-order valence-corrected chi connectivity index (χ4v) is 3.53. The second-order valence-electron chi connectivity index (χ2n) is 7.62. The lowest BCUT2D eigenvalue weighted by atomic mass is 9.94. The zero-order valence-corrected chi connectivity index (χ0v) is 19.8. The van der Waals surface area contributed by atoms with E-state index in [1.165, 1.54) is 14.0 Å². The molecule has 0 aliphatic heterocycles. The molecule has 206 valence electrons. The molecule has 3 unspecified atom stereocenters. The van der Waals surface area contributed by atoms with Crippen LogP contribution in [0.25, 0.3) is 0 Å². The van der Waals surface area contributed by atoms with E-state index >= 15 is 0 Å². The maximum absolute atomic E-state index is 12.0. The average Bonchev–Trinajstić information content (AvgIpc) is 2.57. The van der Waals surface area contributed by atoms with Crippen LogP contribution in [-0.2, 0) is 38.2 Å². The molecule has 0 aliphatic carbocycles. The van der Waals surface area contributed by atoms with Gasteiger partial charge in [-0.2, -0.15) is 8.42 Å². The van der Waals surface area contributed by atoms with Gasteiger partial charge in [-0.1, -0.05) is 29.7 Å². The lowest BCUT2D eigenvalue weighted by molar-refractivity contribution is -0.132. The van der Waals surface area contributed by atoms with Gasteiger partial charge in [0, 0.05) is 28.5 Å². The summed E-state index contributed by atoms with van der Waals surface area (Å²) in [5.74, 6) is -1.30. The highest BCUT2D eigenvalue weighted by atomic mass is 32.2. The Hall–Kier alpha value is -1.36. The number of carbonyl (C=O) groups is 3. The Morgan fingerprint density at radius 2 is 1.36 bits per heavy atom. The summed E-state index contributed by atoms with van der Waals surface area (Å²) in [5.41, 5.74) is -0.996. The van der Waals surface area contributed by atoms with Gasteiger partial charge >= 0.3 is 0 Å². The second-order valence-corrected chi connectivity index (χ2v) is 9.35. The van der Waals surface area contributed by atoms with Crippen molar-refractivity contribution in [2.75, 3.05) is 27.1 Å². The van der Waals surface area contributed by atoms with E-state index in [0.29, 0.717) is 6.42 Å². The number of rotatable bonds is 12. The molecule has 0 radical (unpaired) electrons. The molecule has 0 saturated carbocycles. The van der Waals surface area contributed by atoms with E-state index in [1.54, 1.807) is 34.8 Å². The van der Waals surface area contributed by atoms with E-state index in [4.69, 9.17) is 9.47 Å². The van der Waals surface area contributed by atoms with Gasteiger partial charge in [-0.05, 0) is 41.5 Å². The van der Waals surface area contributed by atoms with Crippen LogP contribution in [0.1, 0.15) is 85.5 Å². The zero-order valence-electron chi connectivity index (χ0n) is 19.0. The number of hydrogen-bond acceptors (Lipinski definition) is 8. The molecule has 1 amide bonds. The molecule has 3 atom stereocenters. The molecule has 0 aromatic rings. The van der Waals surface area contributed by atoms with Crippen molar-refractivity contribution in [3.63, 3.8) is 0 Å². The first-order chi connectivity index (χ1) is 13.1. The molecule has 0 rings (SSSR count). The molecule has 0 saturated heterocycles. The van der Waals surface area contributed by atoms with E-state index in [0.717, 1.165) is 7.11 Å². The summed E-state index contributed by atoms with van der Waals surface area (Å²) in [4.78, 5) is 33.9. The summed E-state index contributed by atoms with van der Waals surface area (Å²) in [5, 5.41) is 2.61. The smallest absolute Gasteiger partial charge is 0.269 e. The number of ketones is 2. The fourth-order valence-electron chi connectivity index (χ4n) is 2.46. The standard InChI is InChI=1S/C13H25NO6S.C6H12O2.4CH4.H2/c1-9(15)11(10(2)19-5)7-12(16)14-13(3,4)8-21(17,18)20-6;1-5(7)4-6(2)8-3;;;;;/h10-11H,7-8H2,1-6H3,(H,14,16);6H,4H2,1-3H3;4*1H4;1H. The van der Waals surface area contributed by atoms with Crippen LogP contribution < -0.4 is 5.32 Å². The summed E-state index contributed by atoms with van der Waals surface area (Å²) in [7, 11) is 0.444. The Bertz CT molecular complexity index is 639. The third-order valence-corrected chi connectivity index (χ3v) is 5.70. The van der Waals surface area contributed by atoms with Gasteiger partial charge in [0.25, 0.3) is 10.1 Å². The SMILES string of the molecule is C.C.C.C.COC(C)C(CC(=O)NC(C)(C)CS(=O)(=O)OC)C(C)=O.COC(C)CC(C)=O.[HH]. The summed E-state index contributed by atoms with van der Waals surface area (Å²) >= 11 is 0. The largest absolute Gasteiger partial charge is 0.381 e. The molecule has 0 heterocycles. The Balaban J connectivity index is -0.0000000976. The van der Waals surface area contributed by atoms with Gasteiger partial charge in [0.05, 0.1) is 36.5 Å². The van der Waals surface area contributed by atoms with E-state index in [1.807, 2.05) is 6.92 Å². The molecular weight excluding hydrogens is 450 g/mol. The van der Waals surface area contributed by atoms with E-state index < -0.39 is 27.5 Å². The van der Waals surface area contributed by atoms with Crippen molar-refractivity contribution in [1.29, 1.82) is 0 Å². The highest BCUT2D eigenvalue weighted by Crippen LogP contribution is 2.15. The highest BCUT2D eigenvalue weighted by molar-refractivity contribution is 7.86. The third-order valence-electron chi connectivity index (χ3n) is 4.11. The molecule has 0 aliphatic rings. The Kier molecular flexibility index (Phi) is 29.0. The van der Waals surface area contributed by atoms with Crippen molar-refractivity contribution < 1.29 is 37.9 Å². The van der Waals surface area contributed by atoms with Crippen molar-refractivity contribution in [3.8, 4) is 0 Å². The third kappa shape index (κ3) is 23.6. The molecule has 33 heavy (non-hydrogen) atoms. The number of amides is 1. The summed E-state index contributed by atoms with van der Waals surface area (Å²) < 4.78 is 37.2. The number of hydrogen-bond donors (Lipinski definition) is 1. The van der Waals surface area contributed by atoms with E-state index in [2.05, 4.69) is 9.50 Å². The van der Waals surface area contributed by atoms with E-state index in [9.17, 15) is 22.8 Å². The van der Waals surface area contributed by atoms with Gasteiger partial charge in [-0.3, -0.25) is 18.6 Å². The van der Waals surface area contributed by atoms with Gasteiger partial charge in [0.15, 0.2) is 0 Å². The summed E-state index contributed by atoms with van der Waals surface area (Å²) in [6.45, 7) is 9.69. The van der Waals surface area contributed by atoms with Crippen LogP contribution in [0.15, 0.2) is 0 Å². The lowest BCUT2D eigenvalue weighted by Gasteiger charge is -2.27. The quantitative estimate of drug-likeness (QED) is 0.390. The van der Waals surface area contributed by atoms with E-state index in [-0.39, 0.29) is 67.1 Å². The van der Waals surface area contributed by atoms with Gasteiger partial charge in [0.2, 0.25) is 5.91 Å². The maximum atomic E-state index is 12.0. The van der Waals surface area contributed by atoms with Crippen LogP contribution in [0.3, 0.4) is 0 Å². The molecule has 9 nitrogen and oxygen atoms in total. The average molecular weight is 506 g/mol. The van der Waals surface area contributed by atoms with Gasteiger partial charge in [-0.25, -0.2) is 0 Å². The van der Waals surface area contributed by atoms with Crippen LogP contribution in [-0.4, -0.2) is 70.7 Å². The Morgan fingerprint density at radius 1 is 0.909 bits per heavy atom. The van der Waals surface area contributed by atoms with Crippen LogP contribution in [0.5, 0.6) is 0 Å². The fraction of sp³-hybridized carbons (Fsp3) is 0.870. The number of carbonyl (C=O) groups excluding carboxylic acids is 3. The maximum Gasteiger partial charge on any atom is 0.269 e. The van der Waals surface area contributed by atoms with Gasteiger partial charge in [-0.15, -0.1) is 0 Å². The van der Waals surface area contributed by atoms with Crippen molar-refractivity contribution in [2.45, 2.75) is 102 Å². The van der Waals surface area contributed by atoms with Crippen molar-refractivity contribution in [2.24, 2.45) is 5.92 Å². The van der Waals surface area contributed by atoms with Crippen LogP contribution in [0.4, 0.5) is 0 Å². The molecule has 10 heteroatoms. The summed E-state index contributed by atoms with van der Waals surface area (Å²) in [6, 6.07) is 0. The van der Waals surface area contributed by atoms with Crippen LogP contribution in [0, 0.1) is 5.92 Å². The monoisotopic (exact) mass is 505 g/mol. The molecule has 0 aromatic heterocycles. The molecule has 1 N–H and O–H groups in total. The van der Waals surface area contributed by atoms with Crippen molar-refractivity contribution >= 4 is 27.6 Å².